The Bertz CT molecular complexity index is 1280. The van der Waals surface area contributed by atoms with Crippen LogP contribution in [0.3, 0.4) is 0 Å². The number of rotatable bonds is 8. The van der Waals surface area contributed by atoms with Crippen LogP contribution in [0.5, 0.6) is 0 Å². The van der Waals surface area contributed by atoms with Gasteiger partial charge in [0, 0.05) is 5.69 Å². The van der Waals surface area contributed by atoms with Gasteiger partial charge in [-0.05, 0) is 43.2 Å². The monoisotopic (exact) mass is 459 g/mol. The van der Waals surface area contributed by atoms with Crippen molar-refractivity contribution in [1.29, 1.82) is 0 Å². The number of carbonyl (C=O) groups excluding carboxylic acids is 2. The SMILES string of the molecule is Cc1ccc(NC(=O)COC(=O)CSc2nc3ccccc3n2Cc2ccccc2)c(C)c1. The van der Waals surface area contributed by atoms with E-state index in [9.17, 15) is 9.59 Å². The molecule has 1 N–H and O–H groups in total. The van der Waals surface area contributed by atoms with E-state index in [1.807, 2.05) is 74.5 Å². The fourth-order valence-corrected chi connectivity index (χ4v) is 4.35. The van der Waals surface area contributed by atoms with Crippen molar-refractivity contribution in [2.24, 2.45) is 0 Å². The number of hydrogen-bond acceptors (Lipinski definition) is 5. The van der Waals surface area contributed by atoms with Crippen molar-refractivity contribution in [3.05, 3.63) is 89.5 Å². The number of amides is 1. The summed E-state index contributed by atoms with van der Waals surface area (Å²) in [6.07, 6.45) is 0. The average molecular weight is 460 g/mol. The molecule has 0 aliphatic carbocycles. The van der Waals surface area contributed by atoms with E-state index in [0.717, 1.165) is 32.9 Å². The molecule has 0 aliphatic rings. The second-order valence-corrected chi connectivity index (χ2v) is 8.71. The van der Waals surface area contributed by atoms with Crippen molar-refractivity contribution in [3.63, 3.8) is 0 Å². The number of anilines is 1. The number of imidazole rings is 1. The van der Waals surface area contributed by atoms with Crippen molar-refractivity contribution in [2.45, 2.75) is 25.5 Å². The molecule has 4 rings (SSSR count). The number of ether oxygens (including phenoxy) is 1. The molecule has 1 aromatic heterocycles. The second kappa shape index (κ2) is 10.4. The lowest BCUT2D eigenvalue weighted by atomic mass is 10.1. The molecule has 7 heteroatoms. The normalized spacial score (nSPS) is 10.8. The molecule has 33 heavy (non-hydrogen) atoms. The number of carbonyl (C=O) groups is 2. The van der Waals surface area contributed by atoms with Gasteiger partial charge in [0.15, 0.2) is 11.8 Å². The highest BCUT2D eigenvalue weighted by molar-refractivity contribution is 7.99. The summed E-state index contributed by atoms with van der Waals surface area (Å²) in [5.74, 6) is -0.764. The lowest BCUT2D eigenvalue weighted by molar-refractivity contribution is -0.144. The molecular formula is C26H25N3O3S. The number of nitrogens with one attached hydrogen (secondary N) is 1. The van der Waals surface area contributed by atoms with Crippen LogP contribution < -0.4 is 5.32 Å². The van der Waals surface area contributed by atoms with Crippen LogP contribution in [0.1, 0.15) is 16.7 Å². The number of aromatic nitrogens is 2. The number of aryl methyl sites for hydroxylation is 2. The zero-order valence-corrected chi connectivity index (χ0v) is 19.4. The van der Waals surface area contributed by atoms with Gasteiger partial charge < -0.3 is 14.6 Å². The van der Waals surface area contributed by atoms with E-state index >= 15 is 0 Å². The Morgan fingerprint density at radius 3 is 2.55 bits per heavy atom. The van der Waals surface area contributed by atoms with E-state index in [-0.39, 0.29) is 18.3 Å². The molecule has 0 atom stereocenters. The van der Waals surface area contributed by atoms with Crippen LogP contribution in [0.4, 0.5) is 5.69 Å². The van der Waals surface area contributed by atoms with E-state index in [2.05, 4.69) is 27.0 Å². The second-order valence-electron chi connectivity index (χ2n) is 7.77. The van der Waals surface area contributed by atoms with Gasteiger partial charge in [-0.3, -0.25) is 9.59 Å². The highest BCUT2D eigenvalue weighted by atomic mass is 32.2. The molecule has 0 spiro atoms. The highest BCUT2D eigenvalue weighted by Crippen LogP contribution is 2.25. The van der Waals surface area contributed by atoms with E-state index in [4.69, 9.17) is 4.74 Å². The van der Waals surface area contributed by atoms with Crippen LogP contribution in [0.15, 0.2) is 78.0 Å². The number of thioether (sulfide) groups is 1. The number of fused-ring (bicyclic) bond motifs is 1. The van der Waals surface area contributed by atoms with Crippen molar-refractivity contribution < 1.29 is 14.3 Å². The first-order valence-electron chi connectivity index (χ1n) is 10.6. The maximum atomic E-state index is 12.3. The Morgan fingerprint density at radius 1 is 1.00 bits per heavy atom. The van der Waals surface area contributed by atoms with Crippen molar-refractivity contribution in [2.75, 3.05) is 17.7 Å². The summed E-state index contributed by atoms with van der Waals surface area (Å²) in [6, 6.07) is 23.8. The van der Waals surface area contributed by atoms with Gasteiger partial charge in [-0.15, -0.1) is 0 Å². The molecule has 0 unspecified atom stereocenters. The third-order valence-corrected chi connectivity index (χ3v) is 6.09. The minimum Gasteiger partial charge on any atom is -0.455 e. The summed E-state index contributed by atoms with van der Waals surface area (Å²) in [7, 11) is 0. The summed E-state index contributed by atoms with van der Waals surface area (Å²) in [4.78, 5) is 29.2. The summed E-state index contributed by atoms with van der Waals surface area (Å²) < 4.78 is 7.28. The van der Waals surface area contributed by atoms with Gasteiger partial charge in [-0.1, -0.05) is 71.9 Å². The first kappa shape index (κ1) is 22.6. The minimum absolute atomic E-state index is 0.0644. The van der Waals surface area contributed by atoms with Crippen LogP contribution in [-0.4, -0.2) is 33.8 Å². The first-order chi connectivity index (χ1) is 16.0. The lowest BCUT2D eigenvalue weighted by Gasteiger charge is -2.10. The topological polar surface area (TPSA) is 73.2 Å². The Hall–Kier alpha value is -3.58. The smallest absolute Gasteiger partial charge is 0.316 e. The van der Waals surface area contributed by atoms with Crippen LogP contribution in [0.25, 0.3) is 11.0 Å². The number of para-hydroxylation sites is 2. The average Bonchev–Trinajstić information content (AvgIpc) is 3.16. The number of benzene rings is 3. The molecule has 1 heterocycles. The quantitative estimate of drug-likeness (QED) is 0.297. The van der Waals surface area contributed by atoms with E-state index in [0.29, 0.717) is 12.2 Å². The predicted molar refractivity (Wildman–Crippen MR) is 132 cm³/mol. The maximum Gasteiger partial charge on any atom is 0.316 e. The Balaban J connectivity index is 1.36. The zero-order chi connectivity index (χ0) is 23.2. The lowest BCUT2D eigenvalue weighted by Crippen LogP contribution is -2.22. The summed E-state index contributed by atoms with van der Waals surface area (Å²) in [5.41, 5.74) is 5.82. The molecule has 4 aromatic rings. The van der Waals surface area contributed by atoms with Crippen LogP contribution >= 0.6 is 11.8 Å². The third kappa shape index (κ3) is 5.81. The number of nitrogens with zero attached hydrogens (tertiary/aromatic N) is 2. The van der Waals surface area contributed by atoms with Gasteiger partial charge in [0.25, 0.3) is 5.91 Å². The van der Waals surface area contributed by atoms with Crippen molar-refractivity contribution >= 4 is 40.4 Å². The number of hydrogen-bond donors (Lipinski definition) is 1. The number of esters is 1. The molecule has 0 saturated carbocycles. The van der Waals surface area contributed by atoms with Gasteiger partial charge in [0.1, 0.15) is 0 Å². The van der Waals surface area contributed by atoms with Crippen molar-refractivity contribution in [3.8, 4) is 0 Å². The van der Waals surface area contributed by atoms with E-state index < -0.39 is 5.97 Å². The summed E-state index contributed by atoms with van der Waals surface area (Å²) in [6.45, 7) is 4.24. The molecule has 0 radical (unpaired) electrons. The van der Waals surface area contributed by atoms with Gasteiger partial charge in [0.2, 0.25) is 0 Å². The van der Waals surface area contributed by atoms with Crippen LogP contribution in [0.2, 0.25) is 0 Å². The van der Waals surface area contributed by atoms with E-state index in [1.165, 1.54) is 11.8 Å². The molecule has 0 saturated heterocycles. The molecular weight excluding hydrogens is 434 g/mol. The molecule has 0 bridgehead atoms. The van der Waals surface area contributed by atoms with E-state index in [1.54, 1.807) is 0 Å². The molecule has 0 fully saturated rings. The standard InChI is InChI=1S/C26H25N3O3S/c1-18-12-13-21(19(2)14-18)27-24(30)16-32-25(31)17-33-26-28-22-10-6-7-11-23(22)29(26)15-20-8-4-3-5-9-20/h3-14H,15-17H2,1-2H3,(H,27,30). The molecule has 1 amide bonds. The fraction of sp³-hybridized carbons (Fsp3) is 0.192. The Morgan fingerprint density at radius 2 is 1.76 bits per heavy atom. The minimum atomic E-state index is -0.464. The van der Waals surface area contributed by atoms with Gasteiger partial charge in [-0.2, -0.15) is 0 Å². The molecule has 0 aliphatic heterocycles. The zero-order valence-electron chi connectivity index (χ0n) is 18.6. The van der Waals surface area contributed by atoms with Gasteiger partial charge in [0.05, 0.1) is 23.3 Å². The summed E-state index contributed by atoms with van der Waals surface area (Å²) in [5, 5.41) is 3.51. The highest BCUT2D eigenvalue weighted by Gasteiger charge is 2.15. The fourth-order valence-electron chi connectivity index (χ4n) is 3.53. The largest absolute Gasteiger partial charge is 0.455 e. The predicted octanol–water partition coefficient (Wildman–Crippen LogP) is 4.98. The summed E-state index contributed by atoms with van der Waals surface area (Å²) >= 11 is 1.31. The molecule has 3 aromatic carbocycles. The molecule has 168 valence electrons. The Kier molecular flexibility index (Phi) is 7.10. The van der Waals surface area contributed by atoms with Crippen molar-refractivity contribution in [1.82, 2.24) is 9.55 Å². The maximum absolute atomic E-state index is 12.3. The van der Waals surface area contributed by atoms with Gasteiger partial charge in [-0.25, -0.2) is 4.98 Å². The van der Waals surface area contributed by atoms with Gasteiger partial charge >= 0.3 is 5.97 Å². The third-order valence-electron chi connectivity index (χ3n) is 5.14. The van der Waals surface area contributed by atoms with Crippen LogP contribution in [0, 0.1) is 13.8 Å². The Labute approximate surface area is 197 Å². The molecule has 6 nitrogen and oxygen atoms in total. The first-order valence-corrected chi connectivity index (χ1v) is 11.6. The van der Waals surface area contributed by atoms with Crippen LogP contribution in [-0.2, 0) is 20.9 Å².